The molecule has 0 unspecified atom stereocenters. The van der Waals surface area contributed by atoms with Crippen molar-refractivity contribution in [1.82, 2.24) is 10.3 Å². The average molecular weight is 347 g/mol. The normalized spacial score (nSPS) is 11.1. The van der Waals surface area contributed by atoms with Crippen LogP contribution in [0.1, 0.15) is 17.5 Å². The minimum absolute atomic E-state index is 0.0850. The van der Waals surface area contributed by atoms with Crippen molar-refractivity contribution in [3.8, 4) is 0 Å². The van der Waals surface area contributed by atoms with Crippen LogP contribution in [0.3, 0.4) is 0 Å². The summed E-state index contributed by atoms with van der Waals surface area (Å²) in [4.78, 5) is 16.0. The third-order valence-corrected chi connectivity index (χ3v) is 4.72. The molecule has 2 aromatic rings. The zero-order valence-electron chi connectivity index (χ0n) is 13.8. The molecule has 0 bridgehead atoms. The number of anilines is 1. The number of nitrogens with zero attached hydrogens (tertiary/aromatic N) is 2. The van der Waals surface area contributed by atoms with Crippen molar-refractivity contribution in [3.05, 3.63) is 59.9 Å². The molecule has 0 aliphatic rings. The van der Waals surface area contributed by atoms with Crippen LogP contribution < -0.4 is 9.62 Å². The number of pyridine rings is 1. The number of sulfonamides is 1. The Morgan fingerprint density at radius 3 is 2.58 bits per heavy atom. The summed E-state index contributed by atoms with van der Waals surface area (Å²) in [6.07, 6.45) is 4.57. The zero-order valence-corrected chi connectivity index (χ0v) is 14.6. The molecule has 7 heteroatoms. The third kappa shape index (κ3) is 5.06. The van der Waals surface area contributed by atoms with E-state index in [9.17, 15) is 13.2 Å². The first-order valence-electron chi connectivity index (χ1n) is 7.57. The molecule has 1 aromatic heterocycles. The summed E-state index contributed by atoms with van der Waals surface area (Å²) in [5.74, 6) is -0.207. The van der Waals surface area contributed by atoms with Crippen LogP contribution in [0.25, 0.3) is 0 Å². The van der Waals surface area contributed by atoms with Crippen molar-refractivity contribution in [1.29, 1.82) is 0 Å². The van der Waals surface area contributed by atoms with Crippen molar-refractivity contribution < 1.29 is 13.2 Å². The van der Waals surface area contributed by atoms with Gasteiger partial charge in [0.15, 0.2) is 0 Å². The van der Waals surface area contributed by atoms with E-state index in [4.69, 9.17) is 0 Å². The number of carbonyl (C=O) groups is 1. The van der Waals surface area contributed by atoms with Crippen molar-refractivity contribution in [2.45, 2.75) is 19.9 Å². The maximum Gasteiger partial charge on any atom is 0.232 e. The third-order valence-electron chi connectivity index (χ3n) is 3.54. The van der Waals surface area contributed by atoms with Gasteiger partial charge in [0, 0.05) is 31.9 Å². The first-order chi connectivity index (χ1) is 11.4. The molecule has 0 saturated carbocycles. The molecule has 1 aromatic carbocycles. The second-order valence-electron chi connectivity index (χ2n) is 5.51. The summed E-state index contributed by atoms with van der Waals surface area (Å²) in [5, 5.41) is 2.77. The molecule has 6 nitrogen and oxygen atoms in total. The summed E-state index contributed by atoms with van der Waals surface area (Å²) in [6, 6.07) is 10.9. The van der Waals surface area contributed by atoms with Crippen LogP contribution in [-0.2, 0) is 21.4 Å². The molecule has 0 atom stereocenters. The molecule has 0 radical (unpaired) electrons. The lowest BCUT2D eigenvalue weighted by Gasteiger charge is -2.23. The fraction of sp³-hybridized carbons (Fsp3) is 0.294. The van der Waals surface area contributed by atoms with Crippen LogP contribution in [0.2, 0.25) is 0 Å². The maximum atomic E-state index is 12.1. The first kappa shape index (κ1) is 17.9. The number of aryl methyl sites for hydroxylation is 1. The van der Waals surface area contributed by atoms with Crippen LogP contribution in [0.4, 0.5) is 5.69 Å². The van der Waals surface area contributed by atoms with Gasteiger partial charge in [-0.25, -0.2) is 8.42 Å². The minimum Gasteiger partial charge on any atom is -0.352 e. The topological polar surface area (TPSA) is 79.4 Å². The van der Waals surface area contributed by atoms with Gasteiger partial charge in [-0.3, -0.25) is 14.1 Å². The van der Waals surface area contributed by atoms with Gasteiger partial charge in [-0.05, 0) is 30.2 Å². The average Bonchev–Trinajstić information content (AvgIpc) is 2.54. The van der Waals surface area contributed by atoms with Gasteiger partial charge < -0.3 is 5.32 Å². The number of para-hydroxylation sites is 1. The molecule has 0 aliphatic carbocycles. The number of aromatic nitrogens is 1. The van der Waals surface area contributed by atoms with Gasteiger partial charge in [-0.2, -0.15) is 0 Å². The number of benzene rings is 1. The molecule has 0 aliphatic heterocycles. The van der Waals surface area contributed by atoms with Gasteiger partial charge in [0.05, 0.1) is 11.9 Å². The minimum atomic E-state index is -3.46. The van der Waals surface area contributed by atoms with Crippen LogP contribution >= 0.6 is 0 Å². The Balaban J connectivity index is 1.98. The molecule has 2 rings (SSSR count). The van der Waals surface area contributed by atoms with Crippen LogP contribution in [-0.4, -0.2) is 32.1 Å². The van der Waals surface area contributed by atoms with Gasteiger partial charge in [-0.15, -0.1) is 0 Å². The van der Waals surface area contributed by atoms with E-state index in [1.54, 1.807) is 30.6 Å². The predicted octanol–water partition coefficient (Wildman–Crippen LogP) is 1.86. The molecule has 1 amide bonds. The monoisotopic (exact) mass is 347 g/mol. The summed E-state index contributed by atoms with van der Waals surface area (Å²) < 4.78 is 25.4. The van der Waals surface area contributed by atoms with Crippen molar-refractivity contribution in [3.63, 3.8) is 0 Å². The second-order valence-corrected chi connectivity index (χ2v) is 7.42. The van der Waals surface area contributed by atoms with Crippen LogP contribution in [0.5, 0.6) is 0 Å². The fourth-order valence-electron chi connectivity index (χ4n) is 2.30. The maximum absolute atomic E-state index is 12.1. The molecule has 128 valence electrons. The lowest BCUT2D eigenvalue weighted by molar-refractivity contribution is -0.121. The highest BCUT2D eigenvalue weighted by molar-refractivity contribution is 7.92. The summed E-state index contributed by atoms with van der Waals surface area (Å²) in [6.45, 7) is 2.31. The molecule has 1 N–H and O–H groups in total. The number of carbonyl (C=O) groups excluding carboxylic acids is 1. The highest BCUT2D eigenvalue weighted by Gasteiger charge is 2.19. The van der Waals surface area contributed by atoms with Crippen molar-refractivity contribution in [2.24, 2.45) is 0 Å². The SMILES string of the molecule is Cc1ccccc1N(CCC(=O)NCc1cccnc1)S(C)(=O)=O. The number of hydrogen-bond acceptors (Lipinski definition) is 4. The molecular weight excluding hydrogens is 326 g/mol. The number of nitrogens with one attached hydrogen (secondary N) is 1. The highest BCUT2D eigenvalue weighted by atomic mass is 32.2. The Morgan fingerprint density at radius 1 is 1.21 bits per heavy atom. The Hall–Kier alpha value is -2.41. The standard InChI is InChI=1S/C17H21N3O3S/c1-14-6-3-4-8-16(14)20(24(2,22)23)11-9-17(21)19-13-15-7-5-10-18-12-15/h3-8,10,12H,9,11,13H2,1-2H3,(H,19,21). The Bertz CT molecular complexity index is 792. The van der Waals surface area contributed by atoms with E-state index in [2.05, 4.69) is 10.3 Å². The van der Waals surface area contributed by atoms with Gasteiger partial charge in [0.25, 0.3) is 0 Å². The fourth-order valence-corrected chi connectivity index (χ4v) is 3.29. The van der Waals surface area contributed by atoms with E-state index < -0.39 is 10.0 Å². The van der Waals surface area contributed by atoms with Crippen LogP contribution in [0.15, 0.2) is 48.8 Å². The number of amides is 1. The number of rotatable bonds is 7. The molecular formula is C17H21N3O3S. The van der Waals surface area contributed by atoms with E-state index in [1.807, 2.05) is 25.1 Å². The second kappa shape index (κ2) is 7.92. The van der Waals surface area contributed by atoms with Crippen molar-refractivity contribution in [2.75, 3.05) is 17.1 Å². The summed E-state index contributed by atoms with van der Waals surface area (Å²) in [5.41, 5.74) is 2.34. The van der Waals surface area contributed by atoms with Gasteiger partial charge in [0.1, 0.15) is 0 Å². The summed E-state index contributed by atoms with van der Waals surface area (Å²) in [7, 11) is -3.46. The highest BCUT2D eigenvalue weighted by Crippen LogP contribution is 2.22. The van der Waals surface area contributed by atoms with E-state index >= 15 is 0 Å². The molecule has 0 saturated heterocycles. The van der Waals surface area contributed by atoms with Gasteiger partial charge in [-0.1, -0.05) is 24.3 Å². The number of hydrogen-bond donors (Lipinski definition) is 1. The first-order valence-corrected chi connectivity index (χ1v) is 9.41. The quantitative estimate of drug-likeness (QED) is 0.829. The zero-order chi connectivity index (χ0) is 17.6. The lowest BCUT2D eigenvalue weighted by Crippen LogP contribution is -2.35. The predicted molar refractivity (Wildman–Crippen MR) is 94.1 cm³/mol. The summed E-state index contributed by atoms with van der Waals surface area (Å²) >= 11 is 0. The van der Waals surface area contributed by atoms with E-state index in [0.29, 0.717) is 12.2 Å². The largest absolute Gasteiger partial charge is 0.352 e. The lowest BCUT2D eigenvalue weighted by atomic mass is 10.2. The van der Waals surface area contributed by atoms with E-state index in [-0.39, 0.29) is 18.9 Å². The van der Waals surface area contributed by atoms with E-state index in [0.717, 1.165) is 17.4 Å². The Morgan fingerprint density at radius 2 is 1.96 bits per heavy atom. The van der Waals surface area contributed by atoms with Gasteiger partial charge >= 0.3 is 0 Å². The Kier molecular flexibility index (Phi) is 5.92. The van der Waals surface area contributed by atoms with Crippen molar-refractivity contribution >= 4 is 21.6 Å². The van der Waals surface area contributed by atoms with Crippen LogP contribution in [0, 0.1) is 6.92 Å². The van der Waals surface area contributed by atoms with E-state index in [1.165, 1.54) is 4.31 Å². The molecule has 0 fully saturated rings. The smallest absolute Gasteiger partial charge is 0.232 e. The Labute approximate surface area is 142 Å². The molecule has 1 heterocycles. The molecule has 0 spiro atoms. The molecule has 24 heavy (non-hydrogen) atoms. The van der Waals surface area contributed by atoms with Gasteiger partial charge in [0.2, 0.25) is 15.9 Å².